The van der Waals surface area contributed by atoms with Crippen LogP contribution in [0.25, 0.3) is 10.6 Å². The third-order valence-electron chi connectivity index (χ3n) is 4.52. The summed E-state index contributed by atoms with van der Waals surface area (Å²) in [6.45, 7) is 2.21. The molecule has 0 aliphatic carbocycles. The number of nitrogens with zero attached hydrogens (tertiary/aromatic N) is 3. The maximum absolute atomic E-state index is 13.9. The molecule has 0 saturated carbocycles. The zero-order valence-electron chi connectivity index (χ0n) is 13.8. The van der Waals surface area contributed by atoms with E-state index in [1.165, 1.54) is 34.4 Å². The predicted molar refractivity (Wildman–Crippen MR) is 91.6 cm³/mol. The number of rotatable bonds is 4. The Hall–Kier alpha value is -2.06. The van der Waals surface area contributed by atoms with E-state index in [9.17, 15) is 13.6 Å². The highest BCUT2D eigenvalue weighted by Crippen LogP contribution is 2.30. The van der Waals surface area contributed by atoms with Crippen LogP contribution in [-0.4, -0.2) is 52.2 Å². The number of piperidine rings is 1. The minimum Gasteiger partial charge on any atom is -0.465 e. The summed E-state index contributed by atoms with van der Waals surface area (Å²) < 4.78 is 27.7. The third-order valence-corrected chi connectivity index (χ3v) is 5.52. The summed E-state index contributed by atoms with van der Waals surface area (Å²) >= 11 is 1.28. The fourth-order valence-electron chi connectivity index (χ4n) is 3.04. The molecule has 0 spiro atoms. The van der Waals surface area contributed by atoms with Crippen LogP contribution in [0.1, 0.15) is 17.7 Å². The number of aromatic nitrogens is 1. The molecule has 1 fully saturated rings. The number of thiazole rings is 1. The number of likely N-dealkylation sites (tertiary alicyclic amines) is 1. The first-order valence-electron chi connectivity index (χ1n) is 8.03. The first-order chi connectivity index (χ1) is 12.0. The summed E-state index contributed by atoms with van der Waals surface area (Å²) in [5.74, 6) is -1.23. The Morgan fingerprint density at radius 3 is 2.60 bits per heavy atom. The largest absolute Gasteiger partial charge is 0.465 e. The van der Waals surface area contributed by atoms with Crippen LogP contribution in [-0.2, 0) is 6.54 Å². The minimum absolute atomic E-state index is 0.0401. The maximum atomic E-state index is 13.9. The van der Waals surface area contributed by atoms with Gasteiger partial charge in [0, 0.05) is 43.8 Å². The number of benzene rings is 1. The van der Waals surface area contributed by atoms with Gasteiger partial charge in [-0.1, -0.05) is 6.07 Å². The van der Waals surface area contributed by atoms with E-state index in [0.717, 1.165) is 30.8 Å². The molecule has 25 heavy (non-hydrogen) atoms. The highest BCUT2D eigenvalue weighted by atomic mass is 32.1. The summed E-state index contributed by atoms with van der Waals surface area (Å²) in [5, 5.41) is 9.37. The highest BCUT2D eigenvalue weighted by molar-refractivity contribution is 7.15. The molecule has 2 heterocycles. The molecule has 1 saturated heterocycles. The van der Waals surface area contributed by atoms with Gasteiger partial charge >= 0.3 is 6.09 Å². The molecule has 0 radical (unpaired) electrons. The molecule has 5 nitrogen and oxygen atoms in total. The summed E-state index contributed by atoms with van der Waals surface area (Å²) in [6.07, 6.45) is 2.30. The van der Waals surface area contributed by atoms with Crippen molar-refractivity contribution in [2.45, 2.75) is 25.4 Å². The van der Waals surface area contributed by atoms with Gasteiger partial charge < -0.3 is 10.0 Å². The van der Waals surface area contributed by atoms with Crippen molar-refractivity contribution < 1.29 is 18.7 Å². The number of carboxylic acid groups (broad SMARTS) is 1. The SMILES string of the molecule is CN(C(=O)O)C1CCN(Cc2cnc(-c3c(F)cccc3F)s2)CC1. The van der Waals surface area contributed by atoms with E-state index in [4.69, 9.17) is 5.11 Å². The monoisotopic (exact) mass is 367 g/mol. The Balaban J connectivity index is 1.62. The molecule has 1 N–H and O–H groups in total. The van der Waals surface area contributed by atoms with Crippen LogP contribution in [0.2, 0.25) is 0 Å². The molecule has 0 atom stereocenters. The molecule has 3 rings (SSSR count). The van der Waals surface area contributed by atoms with Gasteiger partial charge in [0.05, 0.1) is 5.56 Å². The van der Waals surface area contributed by atoms with Crippen molar-refractivity contribution >= 4 is 17.4 Å². The molecule has 1 amide bonds. The van der Waals surface area contributed by atoms with Gasteiger partial charge in [-0.2, -0.15) is 0 Å². The van der Waals surface area contributed by atoms with Crippen LogP contribution < -0.4 is 0 Å². The van der Waals surface area contributed by atoms with Gasteiger partial charge in [-0.25, -0.2) is 18.6 Å². The van der Waals surface area contributed by atoms with Gasteiger partial charge in [-0.3, -0.25) is 4.90 Å². The lowest BCUT2D eigenvalue weighted by molar-refractivity contribution is 0.103. The highest BCUT2D eigenvalue weighted by Gasteiger charge is 2.25. The average molecular weight is 367 g/mol. The molecule has 0 unspecified atom stereocenters. The lowest BCUT2D eigenvalue weighted by atomic mass is 10.0. The fraction of sp³-hybridized carbons (Fsp3) is 0.412. The van der Waals surface area contributed by atoms with E-state index in [-0.39, 0.29) is 11.6 Å². The lowest BCUT2D eigenvalue weighted by Crippen LogP contribution is -2.44. The first-order valence-corrected chi connectivity index (χ1v) is 8.84. The second kappa shape index (κ2) is 7.45. The van der Waals surface area contributed by atoms with Crippen LogP contribution in [0.4, 0.5) is 13.6 Å². The van der Waals surface area contributed by atoms with Gasteiger partial charge in [0.1, 0.15) is 16.6 Å². The van der Waals surface area contributed by atoms with Crippen molar-refractivity contribution in [2.75, 3.05) is 20.1 Å². The quantitative estimate of drug-likeness (QED) is 0.896. The number of halogens is 2. The van der Waals surface area contributed by atoms with Gasteiger partial charge in [0.25, 0.3) is 0 Å². The van der Waals surface area contributed by atoms with Crippen LogP contribution >= 0.6 is 11.3 Å². The zero-order chi connectivity index (χ0) is 18.0. The Morgan fingerprint density at radius 2 is 2.00 bits per heavy atom. The molecule has 2 aromatic rings. The fourth-order valence-corrected chi connectivity index (χ4v) is 4.04. The van der Waals surface area contributed by atoms with E-state index < -0.39 is 17.7 Å². The van der Waals surface area contributed by atoms with Crippen molar-refractivity contribution in [3.8, 4) is 10.6 Å². The number of hydrogen-bond acceptors (Lipinski definition) is 4. The van der Waals surface area contributed by atoms with Gasteiger partial charge in [-0.05, 0) is 25.0 Å². The van der Waals surface area contributed by atoms with Gasteiger partial charge in [0.15, 0.2) is 0 Å². The van der Waals surface area contributed by atoms with Crippen LogP contribution in [0.5, 0.6) is 0 Å². The lowest BCUT2D eigenvalue weighted by Gasteiger charge is -2.35. The summed E-state index contributed by atoms with van der Waals surface area (Å²) in [4.78, 5) is 19.7. The van der Waals surface area contributed by atoms with E-state index in [1.807, 2.05) is 0 Å². The Morgan fingerprint density at radius 1 is 1.36 bits per heavy atom. The molecule has 134 valence electrons. The Bertz CT molecular complexity index is 740. The van der Waals surface area contributed by atoms with Crippen molar-refractivity contribution in [2.24, 2.45) is 0 Å². The molecule has 8 heteroatoms. The van der Waals surface area contributed by atoms with E-state index in [0.29, 0.717) is 11.6 Å². The van der Waals surface area contributed by atoms with E-state index >= 15 is 0 Å². The maximum Gasteiger partial charge on any atom is 0.407 e. The van der Waals surface area contributed by atoms with Crippen molar-refractivity contribution in [3.05, 3.63) is 40.9 Å². The third kappa shape index (κ3) is 3.96. The van der Waals surface area contributed by atoms with Crippen LogP contribution in [0.15, 0.2) is 24.4 Å². The molecular formula is C17H19F2N3O2S. The zero-order valence-corrected chi connectivity index (χ0v) is 14.6. The van der Waals surface area contributed by atoms with Gasteiger partial charge in [-0.15, -0.1) is 11.3 Å². The Kier molecular flexibility index (Phi) is 5.29. The van der Waals surface area contributed by atoms with Crippen LogP contribution in [0.3, 0.4) is 0 Å². The number of amides is 1. The standard InChI is InChI=1S/C17H19F2N3O2S/c1-21(17(23)24)11-5-7-22(8-6-11)10-12-9-20-16(25-12)15-13(18)3-2-4-14(15)19/h2-4,9,11H,5-8,10H2,1H3,(H,23,24). The van der Waals surface area contributed by atoms with E-state index in [2.05, 4.69) is 9.88 Å². The first kappa shape index (κ1) is 17.8. The molecule has 0 bridgehead atoms. The molecular weight excluding hydrogens is 348 g/mol. The minimum atomic E-state index is -0.905. The smallest absolute Gasteiger partial charge is 0.407 e. The molecule has 1 aromatic heterocycles. The molecule has 1 aliphatic heterocycles. The second-order valence-electron chi connectivity index (χ2n) is 6.13. The molecule has 1 aliphatic rings. The topological polar surface area (TPSA) is 56.7 Å². The normalized spacial score (nSPS) is 16.1. The van der Waals surface area contributed by atoms with Crippen molar-refractivity contribution in [3.63, 3.8) is 0 Å². The summed E-state index contributed by atoms with van der Waals surface area (Å²) in [7, 11) is 1.60. The second-order valence-corrected chi connectivity index (χ2v) is 7.24. The van der Waals surface area contributed by atoms with Gasteiger partial charge in [0.2, 0.25) is 0 Å². The predicted octanol–water partition coefficient (Wildman–Crippen LogP) is 3.66. The van der Waals surface area contributed by atoms with Crippen molar-refractivity contribution in [1.29, 1.82) is 0 Å². The summed E-state index contributed by atoms with van der Waals surface area (Å²) in [6, 6.07) is 3.83. The molecule has 1 aromatic carbocycles. The van der Waals surface area contributed by atoms with Crippen molar-refractivity contribution in [1.82, 2.24) is 14.8 Å². The summed E-state index contributed by atoms with van der Waals surface area (Å²) in [5.41, 5.74) is -0.0828. The Labute approximate surface area is 148 Å². The number of hydrogen-bond donors (Lipinski definition) is 1. The van der Waals surface area contributed by atoms with Crippen LogP contribution in [0, 0.1) is 11.6 Å². The van der Waals surface area contributed by atoms with E-state index in [1.54, 1.807) is 13.2 Å². The number of carbonyl (C=O) groups is 1. The average Bonchev–Trinajstić information content (AvgIpc) is 3.02.